The number of nitriles is 4. The second kappa shape index (κ2) is 33.0. The van der Waals surface area contributed by atoms with E-state index >= 15 is 0 Å². The number of aryl methyl sites for hydroxylation is 6. The van der Waals surface area contributed by atoms with E-state index in [9.17, 15) is 20.6 Å². The van der Waals surface area contributed by atoms with Crippen LogP contribution in [-0.4, -0.2) is 35.7 Å². The molecule has 15 nitrogen and oxygen atoms in total. The molecule has 0 saturated heterocycles. The van der Waals surface area contributed by atoms with Gasteiger partial charge in [0.25, 0.3) is 0 Å². The molecular formula is C71H66ClN11O4. The summed E-state index contributed by atoms with van der Waals surface area (Å²) in [5.74, 6) is 2.33. The van der Waals surface area contributed by atoms with E-state index in [2.05, 4.69) is 59.0 Å². The lowest BCUT2D eigenvalue weighted by Gasteiger charge is -2.18. The standard InChI is InChI=1S/C24H22N4O.C23H21N3O2.C14H15ClN2O.C10H8N2/c1-4-21-23(22(14-26)20-11-16(2)10-19(12-20)13-25)27-17(3)28-24(21)29-15-18-8-6-5-7-9-18;1-4-20-21(22(27)19-11-15(2)10-18(12-19)13-24)25-16(3)26-23(20)28-14-17-8-6-5-7-9-17;1-3-12-13(15)16-10(2)17-14(12)18-9-11-7-5-4-6-8-11;1-8-3-9(6-11)5-10(4-8)7-12-2/h5-12,22H,4,15H2,1-3H3;5-12H,4,14H2,1-3H3;4-8H,3,9H2,1-2H3;3-5H,7H2,1H3. The summed E-state index contributed by atoms with van der Waals surface area (Å²) in [5.41, 5.74) is 13.0. The summed E-state index contributed by atoms with van der Waals surface area (Å²) in [5, 5.41) is 37.6. The second-order valence-electron chi connectivity index (χ2n) is 20.0. The lowest BCUT2D eigenvalue weighted by molar-refractivity contribution is 0.103. The van der Waals surface area contributed by atoms with E-state index < -0.39 is 5.92 Å². The molecule has 0 N–H and O–H groups in total. The highest BCUT2D eigenvalue weighted by molar-refractivity contribution is 6.30. The molecule has 6 aromatic carbocycles. The van der Waals surface area contributed by atoms with Crippen molar-refractivity contribution in [1.82, 2.24) is 29.9 Å². The Bertz CT molecular complexity index is 4050. The van der Waals surface area contributed by atoms with Crippen LogP contribution in [0.4, 0.5) is 0 Å². The summed E-state index contributed by atoms with van der Waals surface area (Å²) in [6, 6.07) is 54.4. The minimum atomic E-state index is -0.599. The number of rotatable bonds is 17. The number of benzene rings is 6. The highest BCUT2D eigenvalue weighted by Crippen LogP contribution is 2.32. The van der Waals surface area contributed by atoms with Crippen molar-refractivity contribution in [2.24, 2.45) is 0 Å². The molecule has 87 heavy (non-hydrogen) atoms. The molecule has 1 atom stereocenters. The minimum Gasteiger partial charge on any atom is -0.473 e. The minimum absolute atomic E-state index is 0.230. The molecule has 0 fully saturated rings. The normalized spacial score (nSPS) is 10.4. The fourth-order valence-corrected chi connectivity index (χ4v) is 9.51. The quantitative estimate of drug-likeness (QED) is 0.0470. The highest BCUT2D eigenvalue weighted by Gasteiger charge is 2.25. The van der Waals surface area contributed by atoms with Crippen LogP contribution in [0.15, 0.2) is 146 Å². The van der Waals surface area contributed by atoms with Crippen LogP contribution in [0.5, 0.6) is 17.6 Å². The van der Waals surface area contributed by atoms with Crippen LogP contribution in [0.2, 0.25) is 5.15 Å². The number of aromatic nitrogens is 6. The average Bonchev–Trinajstić information content (AvgIpc) is 2.85. The third-order valence-electron chi connectivity index (χ3n) is 13.1. The Kier molecular flexibility index (Phi) is 24.9. The van der Waals surface area contributed by atoms with Crippen molar-refractivity contribution in [1.29, 1.82) is 21.0 Å². The molecule has 0 bridgehead atoms. The van der Waals surface area contributed by atoms with Crippen LogP contribution in [0.1, 0.15) is 144 Å². The Morgan fingerprint density at radius 2 is 0.931 bits per heavy atom. The summed E-state index contributed by atoms with van der Waals surface area (Å²) >= 11 is 6.09. The van der Waals surface area contributed by atoms with Gasteiger partial charge in [0, 0.05) is 22.3 Å². The maximum Gasteiger partial charge on any atom is 0.239 e. The fraction of sp³-hybridized carbons (Fsp3) is 0.239. The lowest BCUT2D eigenvalue weighted by atomic mass is 9.91. The van der Waals surface area contributed by atoms with E-state index in [1.54, 1.807) is 57.2 Å². The van der Waals surface area contributed by atoms with E-state index in [4.69, 9.17) is 37.6 Å². The molecule has 3 aromatic heterocycles. The van der Waals surface area contributed by atoms with Gasteiger partial charge in [0.1, 0.15) is 54.1 Å². The number of ether oxygens (including phenoxy) is 3. The number of hydrogen-bond donors (Lipinski definition) is 0. The van der Waals surface area contributed by atoms with Gasteiger partial charge in [-0.15, -0.1) is 0 Å². The summed E-state index contributed by atoms with van der Waals surface area (Å²) in [6.45, 7) is 25.3. The first-order valence-electron chi connectivity index (χ1n) is 28.1. The van der Waals surface area contributed by atoms with Gasteiger partial charge in [-0.05, 0) is 148 Å². The monoisotopic (exact) mass is 1170 g/mol. The predicted molar refractivity (Wildman–Crippen MR) is 335 cm³/mol. The van der Waals surface area contributed by atoms with Gasteiger partial charge in [-0.2, -0.15) is 36.0 Å². The maximum absolute atomic E-state index is 13.2. The van der Waals surface area contributed by atoms with E-state index in [0.717, 1.165) is 62.1 Å². The zero-order valence-corrected chi connectivity index (χ0v) is 51.1. The van der Waals surface area contributed by atoms with Crippen LogP contribution in [0, 0.1) is 93.4 Å². The molecular weight excluding hydrogens is 1110 g/mol. The van der Waals surface area contributed by atoms with Crippen LogP contribution < -0.4 is 14.2 Å². The van der Waals surface area contributed by atoms with Crippen molar-refractivity contribution in [2.75, 3.05) is 0 Å². The van der Waals surface area contributed by atoms with Gasteiger partial charge >= 0.3 is 0 Å². The van der Waals surface area contributed by atoms with Crippen LogP contribution in [0.25, 0.3) is 4.85 Å². The molecule has 0 aliphatic rings. The second-order valence-corrected chi connectivity index (χ2v) is 20.4. The molecule has 0 spiro atoms. The van der Waals surface area contributed by atoms with Gasteiger partial charge in [0.15, 0.2) is 0 Å². The SMILES string of the molecule is CCc1c(Cl)nc(C)nc1OCc1ccccc1.CCc1c(OCc2ccccc2)nc(C)nc1C(=O)c1cc(C)cc(C#N)c1.CCc1c(OCc2ccccc2)nc(C)nc1C(C#N)c1cc(C)cc(C#N)c1.[C-]#[N+]Cc1cc(C)cc(C#N)c1. The number of carbonyl (C=O) groups is 1. The van der Waals surface area contributed by atoms with Gasteiger partial charge in [0.2, 0.25) is 30.0 Å². The zero-order chi connectivity index (χ0) is 62.8. The third kappa shape index (κ3) is 19.2. The molecule has 16 heteroatoms. The van der Waals surface area contributed by atoms with Gasteiger partial charge in [-0.25, -0.2) is 21.5 Å². The van der Waals surface area contributed by atoms with E-state index in [-0.39, 0.29) is 5.78 Å². The van der Waals surface area contributed by atoms with Crippen LogP contribution in [-0.2, 0) is 45.6 Å². The van der Waals surface area contributed by atoms with E-state index in [0.29, 0.717) is 119 Å². The Balaban J connectivity index is 0.000000194. The summed E-state index contributed by atoms with van der Waals surface area (Å²) in [7, 11) is 0. The molecule has 0 amide bonds. The largest absolute Gasteiger partial charge is 0.473 e. The molecule has 3 heterocycles. The molecule has 9 aromatic rings. The fourth-order valence-electron chi connectivity index (χ4n) is 9.17. The Morgan fingerprint density at radius 1 is 0.506 bits per heavy atom. The van der Waals surface area contributed by atoms with Gasteiger partial charge in [-0.1, -0.05) is 129 Å². The van der Waals surface area contributed by atoms with Crippen molar-refractivity contribution < 1.29 is 19.0 Å². The van der Waals surface area contributed by atoms with E-state index in [1.807, 2.05) is 151 Å². The first-order valence-corrected chi connectivity index (χ1v) is 28.5. The molecule has 0 saturated carbocycles. The van der Waals surface area contributed by atoms with Crippen molar-refractivity contribution in [2.45, 2.75) is 114 Å². The number of hydrogen-bond acceptors (Lipinski definition) is 14. The molecule has 0 radical (unpaired) electrons. The predicted octanol–water partition coefficient (Wildman–Crippen LogP) is 15.0. The first kappa shape index (κ1) is 65.5. The third-order valence-corrected chi connectivity index (χ3v) is 13.4. The Morgan fingerprint density at radius 3 is 1.40 bits per heavy atom. The Labute approximate surface area is 515 Å². The first-order chi connectivity index (χ1) is 42.0. The van der Waals surface area contributed by atoms with Crippen molar-refractivity contribution in [3.8, 4) is 41.9 Å². The molecule has 436 valence electrons. The number of halogens is 1. The summed E-state index contributed by atoms with van der Waals surface area (Å²) in [4.78, 5) is 42.8. The summed E-state index contributed by atoms with van der Waals surface area (Å²) in [6.07, 6.45) is 1.94. The number of carbonyl (C=O) groups excluding carboxylic acids is 1. The van der Waals surface area contributed by atoms with Gasteiger partial charge in [-0.3, -0.25) is 4.79 Å². The smallest absolute Gasteiger partial charge is 0.239 e. The van der Waals surface area contributed by atoms with Crippen molar-refractivity contribution in [3.05, 3.63) is 274 Å². The van der Waals surface area contributed by atoms with Gasteiger partial charge < -0.3 is 19.1 Å². The molecule has 1 unspecified atom stereocenters. The number of ketones is 1. The zero-order valence-electron chi connectivity index (χ0n) is 50.3. The van der Waals surface area contributed by atoms with Crippen LogP contribution in [0.3, 0.4) is 0 Å². The number of nitrogens with zero attached hydrogens (tertiary/aromatic N) is 11. The Hall–Kier alpha value is -10.6. The van der Waals surface area contributed by atoms with Crippen LogP contribution >= 0.6 is 11.6 Å². The topological polar surface area (TPSA) is 222 Å². The average molecular weight is 1170 g/mol. The van der Waals surface area contributed by atoms with Crippen molar-refractivity contribution >= 4 is 17.4 Å². The van der Waals surface area contributed by atoms with Crippen molar-refractivity contribution in [3.63, 3.8) is 0 Å². The molecule has 9 rings (SSSR count). The highest BCUT2D eigenvalue weighted by atomic mass is 35.5. The lowest BCUT2D eigenvalue weighted by Crippen LogP contribution is -2.13. The van der Waals surface area contributed by atoms with E-state index in [1.165, 1.54) is 0 Å². The molecule has 0 aliphatic heterocycles. The molecule has 0 aliphatic carbocycles. The summed E-state index contributed by atoms with van der Waals surface area (Å²) < 4.78 is 17.7. The van der Waals surface area contributed by atoms with Gasteiger partial charge in [0.05, 0.1) is 52.2 Å². The maximum atomic E-state index is 13.2.